The van der Waals surface area contributed by atoms with Crippen LogP contribution in [0.1, 0.15) is 25.7 Å². The molecule has 0 N–H and O–H groups in total. The lowest BCUT2D eigenvalue weighted by Gasteiger charge is -2.32. The topological polar surface area (TPSA) is 0 Å². The quantitative estimate of drug-likeness (QED) is 0.196. The first-order chi connectivity index (χ1) is 11.1. The van der Waals surface area contributed by atoms with Crippen LogP contribution in [0.2, 0.25) is 0 Å². The zero-order valence-corrected chi connectivity index (χ0v) is 14.2. The molecular formula is C11H9F14I. The minimum absolute atomic E-state index is 0.815. The number of halogens is 15. The molecule has 0 spiro atoms. The van der Waals surface area contributed by atoms with Gasteiger partial charge < -0.3 is 0 Å². The van der Waals surface area contributed by atoms with E-state index in [9.17, 15) is 61.5 Å². The molecule has 0 heterocycles. The van der Waals surface area contributed by atoms with Gasteiger partial charge in [-0.15, -0.1) is 0 Å². The van der Waals surface area contributed by atoms with Gasteiger partial charge in [0.15, 0.2) is 0 Å². The molecule has 1 atom stereocenters. The maximum Gasteiger partial charge on any atom is 0.431 e. The molecule has 0 aromatic rings. The van der Waals surface area contributed by atoms with E-state index in [1.807, 2.05) is 0 Å². The van der Waals surface area contributed by atoms with Gasteiger partial charge in [0.05, 0.1) is 0 Å². The second-order valence-electron chi connectivity index (χ2n) is 5.29. The maximum atomic E-state index is 13.4. The fraction of sp³-hybridized carbons (Fsp3) is 1.00. The Balaban J connectivity index is 5.14. The summed E-state index contributed by atoms with van der Waals surface area (Å²) in [4.78, 5) is 0. The molecule has 0 nitrogen and oxygen atoms in total. The van der Waals surface area contributed by atoms with E-state index < -0.39 is 65.7 Å². The number of hydrogen-bond donors (Lipinski definition) is 0. The van der Waals surface area contributed by atoms with E-state index in [0.717, 1.165) is 22.6 Å². The summed E-state index contributed by atoms with van der Waals surface area (Å²) in [6.07, 6.45) is -32.7. The van der Waals surface area contributed by atoms with Crippen molar-refractivity contribution in [2.75, 3.05) is 0 Å². The Bertz CT molecular complexity index is 427. The van der Waals surface area contributed by atoms with Gasteiger partial charge in [0.25, 0.3) is 11.3 Å². The van der Waals surface area contributed by atoms with Gasteiger partial charge in [0.2, 0.25) is 0 Å². The van der Waals surface area contributed by atoms with E-state index in [1.54, 1.807) is 0 Å². The average Bonchev–Trinajstić information content (AvgIpc) is 2.32. The first kappa shape index (κ1) is 25.8. The lowest BCUT2D eigenvalue weighted by Crippen LogP contribution is -2.54. The van der Waals surface area contributed by atoms with Crippen LogP contribution < -0.4 is 0 Å². The highest BCUT2D eigenvalue weighted by molar-refractivity contribution is 14.1. The lowest BCUT2D eigenvalue weighted by atomic mass is 9.93. The van der Waals surface area contributed by atoms with Crippen molar-refractivity contribution in [2.24, 2.45) is 0 Å². The van der Waals surface area contributed by atoms with Crippen molar-refractivity contribution in [3.8, 4) is 0 Å². The monoisotopic (exact) mass is 534 g/mol. The van der Waals surface area contributed by atoms with Gasteiger partial charge in [0, 0.05) is 10.3 Å². The van der Waals surface area contributed by atoms with Crippen molar-refractivity contribution in [3.63, 3.8) is 0 Å². The standard InChI is InChI=1S/C11H9F14I/c12-6(8(14,15)16,9(17,18)19)3-1-2-5(26)4-7(13,10(20,21)22)11(23,24)25/h5H,1-4H2. The first-order valence-corrected chi connectivity index (χ1v) is 7.63. The van der Waals surface area contributed by atoms with E-state index in [0.29, 0.717) is 0 Å². The molecule has 0 saturated heterocycles. The lowest BCUT2D eigenvalue weighted by molar-refractivity contribution is -0.344. The molecule has 26 heavy (non-hydrogen) atoms. The summed E-state index contributed by atoms with van der Waals surface area (Å²) >= 11 is 0.815. The van der Waals surface area contributed by atoms with Gasteiger partial charge in [0.1, 0.15) is 0 Å². The molecule has 0 rings (SSSR count). The Hall–Kier alpha value is -0.250. The second-order valence-corrected chi connectivity index (χ2v) is 7.05. The Labute approximate surface area is 150 Å². The molecule has 0 fully saturated rings. The first-order valence-electron chi connectivity index (χ1n) is 6.39. The molecule has 0 aliphatic carbocycles. The van der Waals surface area contributed by atoms with E-state index in [-0.39, 0.29) is 0 Å². The number of rotatable bonds is 6. The van der Waals surface area contributed by atoms with Crippen LogP contribution in [-0.2, 0) is 0 Å². The number of hydrogen-bond acceptors (Lipinski definition) is 0. The largest absolute Gasteiger partial charge is 0.431 e. The van der Waals surface area contributed by atoms with Crippen molar-refractivity contribution >= 4 is 22.6 Å². The zero-order valence-electron chi connectivity index (χ0n) is 12.1. The average molecular weight is 534 g/mol. The van der Waals surface area contributed by atoms with Crippen molar-refractivity contribution in [3.05, 3.63) is 0 Å². The van der Waals surface area contributed by atoms with Crippen LogP contribution in [0.3, 0.4) is 0 Å². The fourth-order valence-corrected chi connectivity index (χ4v) is 2.86. The molecule has 0 aliphatic heterocycles. The minimum atomic E-state index is -6.41. The summed E-state index contributed by atoms with van der Waals surface area (Å²) < 4.78 is 172. The summed E-state index contributed by atoms with van der Waals surface area (Å²) in [5.41, 5.74) is -11.4. The molecule has 0 amide bonds. The van der Waals surface area contributed by atoms with Crippen LogP contribution in [0.25, 0.3) is 0 Å². The summed E-state index contributed by atoms with van der Waals surface area (Å²) in [5.74, 6) is 0. The second kappa shape index (κ2) is 7.64. The summed E-state index contributed by atoms with van der Waals surface area (Å²) in [6.45, 7) is 0. The molecular weight excluding hydrogens is 525 g/mol. The molecule has 0 aliphatic rings. The highest BCUT2D eigenvalue weighted by atomic mass is 127. The molecule has 15 heteroatoms. The van der Waals surface area contributed by atoms with Crippen molar-refractivity contribution in [1.29, 1.82) is 0 Å². The van der Waals surface area contributed by atoms with E-state index >= 15 is 0 Å². The minimum Gasteiger partial charge on any atom is -0.224 e. The Morgan fingerprint density at radius 1 is 0.538 bits per heavy atom. The smallest absolute Gasteiger partial charge is 0.224 e. The third-order valence-electron chi connectivity index (χ3n) is 3.34. The van der Waals surface area contributed by atoms with Crippen molar-refractivity contribution in [1.82, 2.24) is 0 Å². The van der Waals surface area contributed by atoms with Crippen LogP contribution in [0.4, 0.5) is 61.5 Å². The van der Waals surface area contributed by atoms with Crippen LogP contribution in [0, 0.1) is 0 Å². The summed E-state index contributed by atoms with van der Waals surface area (Å²) in [5, 5.41) is 0. The van der Waals surface area contributed by atoms with Crippen LogP contribution in [-0.4, -0.2) is 40.0 Å². The predicted octanol–water partition coefficient (Wildman–Crippen LogP) is 7.02. The van der Waals surface area contributed by atoms with E-state index in [4.69, 9.17) is 0 Å². The van der Waals surface area contributed by atoms with Gasteiger partial charge in [-0.25, -0.2) is 8.78 Å². The van der Waals surface area contributed by atoms with Gasteiger partial charge in [-0.2, -0.15) is 52.7 Å². The van der Waals surface area contributed by atoms with Crippen LogP contribution >= 0.6 is 22.6 Å². The SMILES string of the molecule is FC(F)(F)C(F)(CCCC(I)CC(F)(C(F)(F)F)C(F)(F)F)C(F)(F)F. The van der Waals surface area contributed by atoms with E-state index in [2.05, 4.69) is 0 Å². The summed E-state index contributed by atoms with van der Waals surface area (Å²) in [7, 11) is 0. The zero-order chi connectivity index (χ0) is 21.4. The highest BCUT2D eigenvalue weighted by Crippen LogP contribution is 2.51. The molecule has 158 valence electrons. The molecule has 0 saturated carbocycles. The van der Waals surface area contributed by atoms with Gasteiger partial charge in [-0.05, 0) is 19.3 Å². The number of alkyl halides is 15. The van der Waals surface area contributed by atoms with Gasteiger partial charge >= 0.3 is 24.7 Å². The van der Waals surface area contributed by atoms with Crippen molar-refractivity contribution in [2.45, 2.75) is 65.7 Å². The molecule has 1 unspecified atom stereocenters. The van der Waals surface area contributed by atoms with E-state index in [1.165, 1.54) is 0 Å². The highest BCUT2D eigenvalue weighted by Gasteiger charge is 2.73. The molecule has 0 aromatic carbocycles. The van der Waals surface area contributed by atoms with Gasteiger partial charge in [-0.1, -0.05) is 22.6 Å². The summed E-state index contributed by atoms with van der Waals surface area (Å²) in [6, 6.07) is 0. The Morgan fingerprint density at radius 2 is 0.846 bits per heavy atom. The third kappa shape index (κ3) is 5.39. The van der Waals surface area contributed by atoms with Crippen LogP contribution in [0.5, 0.6) is 0 Å². The fourth-order valence-electron chi connectivity index (χ4n) is 1.81. The third-order valence-corrected chi connectivity index (χ3v) is 4.40. The van der Waals surface area contributed by atoms with Crippen LogP contribution in [0.15, 0.2) is 0 Å². The molecule has 0 radical (unpaired) electrons. The normalized spacial score (nSPS) is 16.7. The Kier molecular flexibility index (Phi) is 7.57. The van der Waals surface area contributed by atoms with Crippen molar-refractivity contribution < 1.29 is 61.5 Å². The predicted molar refractivity (Wildman–Crippen MR) is 68.2 cm³/mol. The Morgan fingerprint density at radius 3 is 1.12 bits per heavy atom. The maximum absolute atomic E-state index is 13.4. The molecule has 0 bridgehead atoms. The molecule has 0 aromatic heterocycles. The van der Waals surface area contributed by atoms with Gasteiger partial charge in [-0.3, -0.25) is 0 Å².